The summed E-state index contributed by atoms with van der Waals surface area (Å²) >= 11 is 0. The first-order chi connectivity index (χ1) is 30.5. The smallest absolute Gasteiger partial charge is 0.306 e. The molecule has 62 heavy (non-hydrogen) atoms. The maximum absolute atomic E-state index is 12.8. The molecule has 0 rings (SSSR count). The third-order valence-corrected chi connectivity index (χ3v) is 10.8. The minimum absolute atomic E-state index is 0.0944. The zero-order valence-electron chi connectivity index (χ0n) is 40.4. The fourth-order valence-corrected chi connectivity index (χ4v) is 6.94. The van der Waals surface area contributed by atoms with Crippen molar-refractivity contribution in [2.24, 2.45) is 0 Å². The highest BCUT2D eigenvalue weighted by molar-refractivity contribution is 5.71. The number of carbonyl (C=O) groups is 3. The van der Waals surface area contributed by atoms with Gasteiger partial charge >= 0.3 is 17.9 Å². The van der Waals surface area contributed by atoms with Gasteiger partial charge in [0.05, 0.1) is 0 Å². The molecule has 0 amide bonds. The van der Waals surface area contributed by atoms with Crippen molar-refractivity contribution < 1.29 is 28.6 Å². The molecular weight excluding hydrogens is 769 g/mol. The molecule has 354 valence electrons. The molecule has 0 aliphatic rings. The highest BCUT2D eigenvalue weighted by atomic mass is 16.6. The zero-order valence-corrected chi connectivity index (χ0v) is 40.4. The average Bonchev–Trinajstić information content (AvgIpc) is 3.27. The van der Waals surface area contributed by atoms with Crippen LogP contribution in [-0.2, 0) is 28.6 Å². The van der Waals surface area contributed by atoms with E-state index in [2.05, 4.69) is 45.1 Å². The Labute approximate surface area is 382 Å². The topological polar surface area (TPSA) is 78.9 Å². The van der Waals surface area contributed by atoms with E-state index in [9.17, 15) is 14.4 Å². The fraction of sp³-hybridized carbons (Fsp3) is 0.696. The fourth-order valence-electron chi connectivity index (χ4n) is 6.94. The number of carbonyl (C=O) groups excluding carboxylic acids is 3. The molecule has 0 aromatic carbocycles. The molecule has 6 nitrogen and oxygen atoms in total. The van der Waals surface area contributed by atoms with Crippen LogP contribution >= 0.6 is 0 Å². The van der Waals surface area contributed by atoms with E-state index >= 15 is 0 Å². The molecule has 0 aromatic rings. The maximum atomic E-state index is 12.8. The molecule has 0 fully saturated rings. The van der Waals surface area contributed by atoms with Crippen molar-refractivity contribution in [2.75, 3.05) is 13.2 Å². The van der Waals surface area contributed by atoms with E-state index in [4.69, 9.17) is 14.2 Å². The van der Waals surface area contributed by atoms with Gasteiger partial charge in [-0.15, -0.1) is 0 Å². The third kappa shape index (κ3) is 47.6. The summed E-state index contributed by atoms with van der Waals surface area (Å²) in [5.41, 5.74) is 0. The van der Waals surface area contributed by atoms with Gasteiger partial charge in [0.1, 0.15) is 13.2 Å². The van der Waals surface area contributed by atoms with Crippen LogP contribution in [-0.4, -0.2) is 37.2 Å². The van der Waals surface area contributed by atoms with Gasteiger partial charge in [-0.05, 0) is 64.2 Å². The van der Waals surface area contributed by atoms with Gasteiger partial charge < -0.3 is 14.2 Å². The van der Waals surface area contributed by atoms with Gasteiger partial charge in [0, 0.05) is 19.3 Å². The summed E-state index contributed by atoms with van der Waals surface area (Å²) in [6.07, 6.45) is 64.2. The van der Waals surface area contributed by atoms with E-state index in [1.54, 1.807) is 0 Å². The van der Waals surface area contributed by atoms with Gasteiger partial charge in [-0.25, -0.2) is 0 Å². The van der Waals surface area contributed by atoms with E-state index in [-0.39, 0.29) is 31.1 Å². The van der Waals surface area contributed by atoms with Crippen molar-refractivity contribution in [1.82, 2.24) is 0 Å². The normalized spacial score (nSPS) is 12.8. The van der Waals surface area contributed by atoms with Crippen molar-refractivity contribution in [1.29, 1.82) is 0 Å². The van der Waals surface area contributed by atoms with Crippen molar-refractivity contribution >= 4 is 17.9 Å². The Morgan fingerprint density at radius 1 is 0.339 bits per heavy atom. The highest BCUT2D eigenvalue weighted by Gasteiger charge is 2.19. The first-order valence-electron chi connectivity index (χ1n) is 25.7. The van der Waals surface area contributed by atoms with E-state index in [1.807, 2.05) is 60.8 Å². The van der Waals surface area contributed by atoms with Crippen LogP contribution in [0, 0.1) is 0 Å². The molecule has 6 heteroatoms. The summed E-state index contributed by atoms with van der Waals surface area (Å²) in [5, 5.41) is 0. The molecule has 0 bridgehead atoms. The summed E-state index contributed by atoms with van der Waals surface area (Å²) in [7, 11) is 0. The lowest BCUT2D eigenvalue weighted by Crippen LogP contribution is -2.30. The predicted octanol–water partition coefficient (Wildman–Crippen LogP) is 16.8. The van der Waals surface area contributed by atoms with Crippen molar-refractivity contribution in [3.8, 4) is 0 Å². The van der Waals surface area contributed by atoms with Crippen LogP contribution in [0.3, 0.4) is 0 Å². The Bertz CT molecular complexity index is 1220. The summed E-state index contributed by atoms with van der Waals surface area (Å²) in [6, 6.07) is 0. The minimum atomic E-state index is -0.796. The molecule has 0 saturated carbocycles. The minimum Gasteiger partial charge on any atom is -0.462 e. The molecule has 0 aromatic heterocycles. The monoisotopic (exact) mass is 863 g/mol. The molecule has 0 spiro atoms. The predicted molar refractivity (Wildman–Crippen MR) is 265 cm³/mol. The van der Waals surface area contributed by atoms with Crippen LogP contribution in [0.1, 0.15) is 233 Å². The summed E-state index contributed by atoms with van der Waals surface area (Å²) in [5.74, 6) is -0.946. The Morgan fingerprint density at radius 3 is 1.08 bits per heavy atom. The zero-order chi connectivity index (χ0) is 45.1. The largest absolute Gasteiger partial charge is 0.462 e. The lowest BCUT2D eigenvalue weighted by atomic mass is 10.0. The molecule has 0 aliphatic carbocycles. The van der Waals surface area contributed by atoms with Crippen LogP contribution < -0.4 is 0 Å². The lowest BCUT2D eigenvalue weighted by Gasteiger charge is -2.18. The molecule has 0 saturated heterocycles. The molecule has 0 heterocycles. The number of hydrogen-bond acceptors (Lipinski definition) is 6. The van der Waals surface area contributed by atoms with Gasteiger partial charge in [0.15, 0.2) is 6.10 Å². The van der Waals surface area contributed by atoms with E-state index < -0.39 is 6.10 Å². The molecule has 0 radical (unpaired) electrons. The van der Waals surface area contributed by atoms with E-state index in [0.717, 1.165) is 77.0 Å². The highest BCUT2D eigenvalue weighted by Crippen LogP contribution is 2.15. The Kier molecular flexibility index (Phi) is 47.5. The number of allylic oxidation sites excluding steroid dienone is 14. The van der Waals surface area contributed by atoms with Gasteiger partial charge in [0.2, 0.25) is 0 Å². The number of rotatable bonds is 45. The van der Waals surface area contributed by atoms with Crippen molar-refractivity contribution in [3.63, 3.8) is 0 Å². The van der Waals surface area contributed by atoms with Crippen LogP contribution in [0.25, 0.3) is 0 Å². The number of esters is 3. The number of hydrogen-bond donors (Lipinski definition) is 0. The molecule has 1 atom stereocenters. The van der Waals surface area contributed by atoms with E-state index in [0.29, 0.717) is 19.3 Å². The Morgan fingerprint density at radius 2 is 0.645 bits per heavy atom. The van der Waals surface area contributed by atoms with Gasteiger partial charge in [-0.1, -0.05) is 234 Å². The Hall–Kier alpha value is -3.41. The van der Waals surface area contributed by atoms with Gasteiger partial charge in [0.25, 0.3) is 0 Å². The third-order valence-electron chi connectivity index (χ3n) is 10.8. The second-order valence-corrected chi connectivity index (χ2v) is 16.9. The summed E-state index contributed by atoms with van der Waals surface area (Å²) < 4.78 is 16.8. The lowest BCUT2D eigenvalue weighted by molar-refractivity contribution is -0.167. The number of ether oxygens (including phenoxy) is 3. The van der Waals surface area contributed by atoms with Gasteiger partial charge in [-0.2, -0.15) is 0 Å². The first-order valence-corrected chi connectivity index (χ1v) is 25.7. The summed E-state index contributed by atoms with van der Waals surface area (Å²) in [6.45, 7) is 6.42. The number of unbranched alkanes of at least 4 members (excludes halogenated alkanes) is 25. The van der Waals surface area contributed by atoms with Crippen LogP contribution in [0.4, 0.5) is 0 Å². The van der Waals surface area contributed by atoms with Crippen molar-refractivity contribution in [2.45, 2.75) is 239 Å². The van der Waals surface area contributed by atoms with Crippen molar-refractivity contribution in [3.05, 3.63) is 85.1 Å². The second-order valence-electron chi connectivity index (χ2n) is 16.9. The second kappa shape index (κ2) is 50.2. The van der Waals surface area contributed by atoms with Gasteiger partial charge in [-0.3, -0.25) is 14.4 Å². The average molecular weight is 863 g/mol. The standard InChI is InChI=1S/C56H94O6/c1-4-7-10-13-16-19-22-25-27-28-30-31-34-37-40-43-46-49-55(58)61-52-53(51-60-54(57)48-45-42-39-36-33-24-21-18-15-12-9-6-3)62-56(59)50-47-44-41-38-35-32-29-26-23-20-17-14-11-8-5-2/h7,10,13,16,18-19,21-22,25,27-28,30-31,34,53H,4-6,8-9,11-12,14-15,17,20,23-24,26,29,32-33,35-52H2,1-3H3/b10-7-,16-13-,21-18-,22-19-,27-25-,30-28+,34-31-. The quantitative estimate of drug-likeness (QED) is 0.0199. The maximum Gasteiger partial charge on any atom is 0.306 e. The van der Waals surface area contributed by atoms with Crippen LogP contribution in [0.5, 0.6) is 0 Å². The SMILES string of the molecule is CC\C=C/C=C\C=C/C=C\C=C\C=C/CCCCCC(=O)OCC(COC(=O)CCCCCCC/C=C\CCCCC)OC(=O)CCCCCCCCCCCCCCCCC. The Balaban J connectivity index is 4.48. The molecule has 0 N–H and O–H groups in total. The molecule has 0 aliphatic heterocycles. The van der Waals surface area contributed by atoms with E-state index in [1.165, 1.54) is 116 Å². The first kappa shape index (κ1) is 58.6. The van der Waals surface area contributed by atoms with Crippen LogP contribution in [0.2, 0.25) is 0 Å². The van der Waals surface area contributed by atoms with Crippen LogP contribution in [0.15, 0.2) is 85.1 Å². The molecular formula is C56H94O6. The molecule has 1 unspecified atom stereocenters. The summed E-state index contributed by atoms with van der Waals surface area (Å²) in [4.78, 5) is 37.9.